The maximum absolute atomic E-state index is 8.99. The van der Waals surface area contributed by atoms with E-state index >= 15 is 0 Å². The second-order valence-corrected chi connectivity index (χ2v) is 4.12. The van der Waals surface area contributed by atoms with Crippen molar-refractivity contribution in [3.63, 3.8) is 0 Å². The lowest BCUT2D eigenvalue weighted by atomic mass is 10.2. The van der Waals surface area contributed by atoms with E-state index in [4.69, 9.17) is 9.84 Å². The van der Waals surface area contributed by atoms with Crippen molar-refractivity contribution in [3.05, 3.63) is 41.6 Å². The summed E-state index contributed by atoms with van der Waals surface area (Å²) in [5, 5.41) is 12.0. The maximum Gasteiger partial charge on any atom is 0.226 e. The zero-order valence-corrected chi connectivity index (χ0v) is 11.1. The Morgan fingerprint density at radius 1 is 1.26 bits per heavy atom. The Morgan fingerprint density at radius 3 is 2.63 bits per heavy atom. The van der Waals surface area contributed by atoms with Gasteiger partial charge in [0.05, 0.1) is 6.61 Å². The lowest BCUT2D eigenvalue weighted by molar-refractivity contribution is 0.281. The Morgan fingerprint density at radius 2 is 2.00 bits per heavy atom. The van der Waals surface area contributed by atoms with Crippen LogP contribution in [-0.2, 0) is 6.61 Å². The summed E-state index contributed by atoms with van der Waals surface area (Å²) in [4.78, 5) is 8.47. The van der Waals surface area contributed by atoms with Gasteiger partial charge in [-0.25, -0.2) is 4.98 Å². The number of hydrogen-bond donors (Lipinski definition) is 2. The molecule has 0 atom stereocenters. The monoisotopic (exact) mass is 259 g/mol. The fourth-order valence-electron chi connectivity index (χ4n) is 1.55. The first kappa shape index (κ1) is 13.3. The SMILES string of the molecule is CCNc1ncc(C)c(Oc2ccc(CO)cc2)n1. The molecule has 0 aliphatic rings. The van der Waals surface area contributed by atoms with Crippen LogP contribution in [-0.4, -0.2) is 21.6 Å². The van der Waals surface area contributed by atoms with Crippen LogP contribution in [0.1, 0.15) is 18.1 Å². The molecule has 0 fully saturated rings. The van der Waals surface area contributed by atoms with Gasteiger partial charge in [0.1, 0.15) is 5.75 Å². The van der Waals surface area contributed by atoms with Crippen LogP contribution in [0, 0.1) is 6.92 Å². The topological polar surface area (TPSA) is 67.3 Å². The predicted molar refractivity (Wildman–Crippen MR) is 73.4 cm³/mol. The van der Waals surface area contributed by atoms with Crippen LogP contribution in [0.2, 0.25) is 0 Å². The molecule has 0 bridgehead atoms. The maximum atomic E-state index is 8.99. The van der Waals surface area contributed by atoms with E-state index in [0.717, 1.165) is 17.7 Å². The fraction of sp³-hybridized carbons (Fsp3) is 0.286. The Balaban J connectivity index is 2.18. The molecular formula is C14H17N3O2. The minimum atomic E-state index is 0.0252. The summed E-state index contributed by atoms with van der Waals surface area (Å²) < 4.78 is 5.72. The molecule has 0 unspecified atom stereocenters. The molecule has 2 aromatic rings. The molecule has 19 heavy (non-hydrogen) atoms. The third kappa shape index (κ3) is 3.42. The molecule has 5 heteroatoms. The highest BCUT2D eigenvalue weighted by atomic mass is 16.5. The molecule has 5 nitrogen and oxygen atoms in total. The highest BCUT2D eigenvalue weighted by molar-refractivity contribution is 5.36. The molecule has 1 aromatic carbocycles. The van der Waals surface area contributed by atoms with E-state index in [0.29, 0.717) is 17.6 Å². The number of nitrogens with one attached hydrogen (secondary N) is 1. The van der Waals surface area contributed by atoms with E-state index in [9.17, 15) is 0 Å². The zero-order chi connectivity index (χ0) is 13.7. The van der Waals surface area contributed by atoms with E-state index in [-0.39, 0.29) is 6.61 Å². The Kier molecular flexibility index (Phi) is 4.30. The van der Waals surface area contributed by atoms with Gasteiger partial charge in [-0.2, -0.15) is 4.98 Å². The number of aromatic nitrogens is 2. The number of hydrogen-bond acceptors (Lipinski definition) is 5. The Hall–Kier alpha value is -2.14. The average Bonchev–Trinajstić information content (AvgIpc) is 2.44. The Bertz CT molecular complexity index is 541. The van der Waals surface area contributed by atoms with Crippen LogP contribution in [0.3, 0.4) is 0 Å². The Labute approximate surface area is 112 Å². The van der Waals surface area contributed by atoms with Gasteiger partial charge in [-0.1, -0.05) is 12.1 Å². The summed E-state index contributed by atoms with van der Waals surface area (Å²) >= 11 is 0. The molecule has 0 spiro atoms. The minimum Gasteiger partial charge on any atom is -0.439 e. The summed E-state index contributed by atoms with van der Waals surface area (Å²) in [5.41, 5.74) is 1.72. The molecule has 2 rings (SSSR count). The second-order valence-electron chi connectivity index (χ2n) is 4.12. The van der Waals surface area contributed by atoms with Crippen molar-refractivity contribution in [1.82, 2.24) is 9.97 Å². The highest BCUT2D eigenvalue weighted by Gasteiger charge is 2.06. The largest absolute Gasteiger partial charge is 0.439 e. The van der Waals surface area contributed by atoms with Crippen molar-refractivity contribution in [1.29, 1.82) is 0 Å². The standard InChI is InChI=1S/C14H17N3O2/c1-3-15-14-16-8-10(2)13(17-14)19-12-6-4-11(9-18)5-7-12/h4-8,18H,3,9H2,1-2H3,(H,15,16,17). The van der Waals surface area contributed by atoms with Crippen molar-refractivity contribution in [2.24, 2.45) is 0 Å². The first-order valence-corrected chi connectivity index (χ1v) is 6.18. The van der Waals surface area contributed by atoms with Gasteiger partial charge in [0.2, 0.25) is 11.8 Å². The highest BCUT2D eigenvalue weighted by Crippen LogP contribution is 2.23. The van der Waals surface area contributed by atoms with Crippen molar-refractivity contribution in [2.45, 2.75) is 20.5 Å². The van der Waals surface area contributed by atoms with E-state index in [1.54, 1.807) is 18.3 Å². The summed E-state index contributed by atoms with van der Waals surface area (Å²) in [6.45, 7) is 4.66. The fourth-order valence-corrected chi connectivity index (χ4v) is 1.55. The molecular weight excluding hydrogens is 242 g/mol. The molecule has 0 radical (unpaired) electrons. The molecule has 1 heterocycles. The number of rotatable bonds is 5. The molecule has 100 valence electrons. The van der Waals surface area contributed by atoms with Gasteiger partial charge in [-0.05, 0) is 31.5 Å². The predicted octanol–water partition coefficient (Wildman–Crippen LogP) is 2.50. The van der Waals surface area contributed by atoms with E-state index in [2.05, 4.69) is 15.3 Å². The van der Waals surface area contributed by atoms with Crippen molar-refractivity contribution < 1.29 is 9.84 Å². The van der Waals surface area contributed by atoms with Gasteiger partial charge in [0.25, 0.3) is 0 Å². The quantitative estimate of drug-likeness (QED) is 0.863. The molecule has 0 amide bonds. The normalized spacial score (nSPS) is 10.3. The van der Waals surface area contributed by atoms with Gasteiger partial charge in [0.15, 0.2) is 0 Å². The van der Waals surface area contributed by atoms with Gasteiger partial charge in [-0.3, -0.25) is 0 Å². The van der Waals surface area contributed by atoms with Crippen LogP contribution in [0.25, 0.3) is 0 Å². The van der Waals surface area contributed by atoms with Crippen molar-refractivity contribution >= 4 is 5.95 Å². The van der Waals surface area contributed by atoms with Crippen LogP contribution in [0.5, 0.6) is 11.6 Å². The van der Waals surface area contributed by atoms with Crippen molar-refractivity contribution in [3.8, 4) is 11.6 Å². The van der Waals surface area contributed by atoms with E-state index in [1.165, 1.54) is 0 Å². The van der Waals surface area contributed by atoms with Crippen LogP contribution in [0.4, 0.5) is 5.95 Å². The third-order valence-corrected chi connectivity index (χ3v) is 2.58. The molecule has 0 saturated heterocycles. The first-order valence-electron chi connectivity index (χ1n) is 6.18. The van der Waals surface area contributed by atoms with Gasteiger partial charge in [-0.15, -0.1) is 0 Å². The third-order valence-electron chi connectivity index (χ3n) is 2.58. The van der Waals surface area contributed by atoms with Gasteiger partial charge >= 0.3 is 0 Å². The lowest BCUT2D eigenvalue weighted by Gasteiger charge is -2.09. The van der Waals surface area contributed by atoms with E-state index < -0.39 is 0 Å². The zero-order valence-electron chi connectivity index (χ0n) is 11.1. The number of anilines is 1. The van der Waals surface area contributed by atoms with Gasteiger partial charge < -0.3 is 15.2 Å². The van der Waals surface area contributed by atoms with Crippen LogP contribution >= 0.6 is 0 Å². The van der Waals surface area contributed by atoms with Gasteiger partial charge in [0, 0.05) is 18.3 Å². The number of nitrogens with zero attached hydrogens (tertiary/aromatic N) is 2. The number of ether oxygens (including phenoxy) is 1. The van der Waals surface area contributed by atoms with Crippen molar-refractivity contribution in [2.75, 3.05) is 11.9 Å². The average molecular weight is 259 g/mol. The molecule has 0 aliphatic carbocycles. The van der Waals surface area contributed by atoms with Crippen LogP contribution < -0.4 is 10.1 Å². The molecule has 0 aliphatic heterocycles. The molecule has 1 aromatic heterocycles. The lowest BCUT2D eigenvalue weighted by Crippen LogP contribution is -2.03. The van der Waals surface area contributed by atoms with E-state index in [1.807, 2.05) is 26.0 Å². The molecule has 2 N–H and O–H groups in total. The summed E-state index contributed by atoms with van der Waals surface area (Å²) in [6, 6.07) is 7.24. The summed E-state index contributed by atoms with van der Waals surface area (Å²) in [6.07, 6.45) is 1.72. The minimum absolute atomic E-state index is 0.0252. The summed E-state index contributed by atoms with van der Waals surface area (Å²) in [5.74, 6) is 1.76. The number of aliphatic hydroxyl groups is 1. The van der Waals surface area contributed by atoms with Crippen LogP contribution in [0.15, 0.2) is 30.5 Å². The smallest absolute Gasteiger partial charge is 0.226 e. The molecule has 0 saturated carbocycles. The number of aryl methyl sites for hydroxylation is 1. The first-order chi connectivity index (χ1) is 9.22. The summed E-state index contributed by atoms with van der Waals surface area (Å²) in [7, 11) is 0. The second kappa shape index (κ2) is 6.15. The number of benzene rings is 1. The number of aliphatic hydroxyl groups excluding tert-OH is 1.